The average Bonchev–Trinajstić information content (AvgIpc) is 3.38. The molecule has 0 radical (unpaired) electrons. The number of benzene rings is 3. The lowest BCUT2D eigenvalue weighted by molar-refractivity contribution is -0.140. The van der Waals surface area contributed by atoms with E-state index in [1.807, 2.05) is 6.07 Å². The van der Waals surface area contributed by atoms with Crippen LogP contribution >= 0.6 is 34.8 Å². The number of hydrogen-bond acceptors (Lipinski definition) is 6. The molecule has 204 valence electrons. The van der Waals surface area contributed by atoms with Crippen LogP contribution in [0.3, 0.4) is 0 Å². The largest absolute Gasteiger partial charge is 0.484 e. The van der Waals surface area contributed by atoms with E-state index in [0.29, 0.717) is 32.1 Å². The molecule has 1 heterocycles. The predicted molar refractivity (Wildman–Crippen MR) is 150 cm³/mol. The Morgan fingerprint density at radius 2 is 1.77 bits per heavy atom. The Kier molecular flexibility index (Phi) is 10.1. The maximum atomic E-state index is 13.1. The summed E-state index contributed by atoms with van der Waals surface area (Å²) in [5.74, 6) is -0.347. The second kappa shape index (κ2) is 13.7. The summed E-state index contributed by atoms with van der Waals surface area (Å²) in [6.45, 7) is -0.0733. The number of ether oxygens (including phenoxy) is 1. The molecular weight excluding hydrogens is 565 g/mol. The smallest absolute Gasteiger partial charge is 0.261 e. The number of halogens is 3. The third-order valence-electron chi connectivity index (χ3n) is 6.02. The Morgan fingerprint density at radius 3 is 2.49 bits per heavy atom. The zero-order chi connectivity index (χ0) is 27.8. The van der Waals surface area contributed by atoms with Gasteiger partial charge in [0.2, 0.25) is 5.91 Å². The Morgan fingerprint density at radius 1 is 1.03 bits per heavy atom. The van der Waals surface area contributed by atoms with E-state index in [1.54, 1.807) is 66.7 Å². The van der Waals surface area contributed by atoms with Gasteiger partial charge in [0.25, 0.3) is 5.91 Å². The van der Waals surface area contributed by atoms with E-state index >= 15 is 0 Å². The summed E-state index contributed by atoms with van der Waals surface area (Å²) >= 11 is 17.9. The number of oxime groups is 1. The van der Waals surface area contributed by atoms with Crippen LogP contribution in [0.1, 0.15) is 23.7 Å². The molecule has 0 spiro atoms. The highest BCUT2D eigenvalue weighted by Crippen LogP contribution is 2.24. The van der Waals surface area contributed by atoms with E-state index in [2.05, 4.69) is 10.5 Å². The number of carbonyl (C=O) groups is 2. The van der Waals surface area contributed by atoms with E-state index in [0.717, 1.165) is 5.56 Å². The molecule has 0 saturated carbocycles. The van der Waals surface area contributed by atoms with Crippen LogP contribution in [0.25, 0.3) is 0 Å². The van der Waals surface area contributed by atoms with Gasteiger partial charge in [0, 0.05) is 18.0 Å². The van der Waals surface area contributed by atoms with Crippen molar-refractivity contribution in [1.82, 2.24) is 10.2 Å². The van der Waals surface area contributed by atoms with Gasteiger partial charge >= 0.3 is 0 Å². The molecule has 2 N–H and O–H groups in total. The SMILES string of the molecule is O=C(NCC(O)c1ccccc1)[C@@H]1CC(=NOCc2ccc(Cl)c(Cl)c2)CN1C(=O)COc1ccc(Cl)cc1. The molecule has 1 saturated heterocycles. The monoisotopic (exact) mass is 589 g/mol. The van der Waals surface area contributed by atoms with Crippen LogP contribution < -0.4 is 10.1 Å². The molecule has 0 bridgehead atoms. The van der Waals surface area contributed by atoms with Gasteiger partial charge in [-0.3, -0.25) is 9.59 Å². The van der Waals surface area contributed by atoms with Gasteiger partial charge in [0.1, 0.15) is 18.4 Å². The number of rotatable bonds is 10. The van der Waals surface area contributed by atoms with Crippen LogP contribution in [-0.2, 0) is 21.0 Å². The summed E-state index contributed by atoms with van der Waals surface area (Å²) in [6.07, 6.45) is -0.724. The van der Waals surface area contributed by atoms with Crippen LogP contribution in [0, 0.1) is 0 Å². The highest BCUT2D eigenvalue weighted by Gasteiger charge is 2.38. The molecule has 8 nitrogen and oxygen atoms in total. The molecular formula is C28H26Cl3N3O5. The number of aliphatic hydroxyl groups excluding tert-OH is 1. The Hall–Kier alpha value is -3.30. The quantitative estimate of drug-likeness (QED) is 0.322. The summed E-state index contributed by atoms with van der Waals surface area (Å²) in [6, 6.07) is 19.9. The summed E-state index contributed by atoms with van der Waals surface area (Å²) in [5, 5.41) is 18.7. The van der Waals surface area contributed by atoms with Gasteiger partial charge in [-0.05, 0) is 47.5 Å². The summed E-state index contributed by atoms with van der Waals surface area (Å²) in [5.41, 5.74) is 1.95. The van der Waals surface area contributed by atoms with Crippen molar-refractivity contribution in [3.05, 3.63) is 99.0 Å². The highest BCUT2D eigenvalue weighted by atomic mass is 35.5. The molecule has 3 aromatic carbocycles. The van der Waals surface area contributed by atoms with Crippen molar-refractivity contribution in [3.63, 3.8) is 0 Å². The van der Waals surface area contributed by atoms with Crippen LogP contribution in [0.2, 0.25) is 15.1 Å². The fraction of sp³-hybridized carbons (Fsp3) is 0.250. The predicted octanol–water partition coefficient (Wildman–Crippen LogP) is 5.05. The lowest BCUT2D eigenvalue weighted by Crippen LogP contribution is -2.48. The van der Waals surface area contributed by atoms with Gasteiger partial charge in [0.05, 0.1) is 28.4 Å². The highest BCUT2D eigenvalue weighted by molar-refractivity contribution is 6.42. The summed E-state index contributed by atoms with van der Waals surface area (Å²) in [4.78, 5) is 33.1. The normalized spacial score (nSPS) is 16.7. The minimum absolute atomic E-state index is 0.0110. The Labute approximate surface area is 241 Å². The van der Waals surface area contributed by atoms with Crippen LogP contribution in [0.15, 0.2) is 78.0 Å². The minimum Gasteiger partial charge on any atom is -0.484 e. The van der Waals surface area contributed by atoms with E-state index < -0.39 is 24.0 Å². The second-order valence-corrected chi connectivity index (χ2v) is 10.1. The van der Waals surface area contributed by atoms with Gasteiger partial charge < -0.3 is 24.9 Å². The number of carbonyl (C=O) groups excluding carboxylic acids is 2. The van der Waals surface area contributed by atoms with Crippen molar-refractivity contribution in [2.75, 3.05) is 19.7 Å². The van der Waals surface area contributed by atoms with E-state index in [1.165, 1.54) is 4.90 Å². The second-order valence-electron chi connectivity index (χ2n) is 8.84. The molecule has 0 aliphatic carbocycles. The van der Waals surface area contributed by atoms with Gasteiger partial charge in [-0.2, -0.15) is 0 Å². The number of nitrogens with zero attached hydrogens (tertiary/aromatic N) is 2. The number of hydrogen-bond donors (Lipinski definition) is 2. The van der Waals surface area contributed by atoms with E-state index in [9.17, 15) is 14.7 Å². The topological polar surface area (TPSA) is 100 Å². The van der Waals surface area contributed by atoms with Crippen LogP contribution in [-0.4, -0.2) is 53.3 Å². The lowest BCUT2D eigenvalue weighted by Gasteiger charge is -2.24. The Balaban J connectivity index is 1.41. The molecule has 0 aromatic heterocycles. The van der Waals surface area contributed by atoms with Gasteiger partial charge in [-0.15, -0.1) is 0 Å². The number of nitrogens with one attached hydrogen (secondary N) is 1. The molecule has 4 rings (SSSR count). The molecule has 39 heavy (non-hydrogen) atoms. The van der Waals surface area contributed by atoms with Crippen molar-refractivity contribution >= 4 is 52.3 Å². The fourth-order valence-corrected chi connectivity index (χ4v) is 4.41. The average molecular weight is 591 g/mol. The molecule has 1 aliphatic heterocycles. The molecule has 1 unspecified atom stereocenters. The molecule has 1 aliphatic rings. The lowest BCUT2D eigenvalue weighted by atomic mass is 10.1. The standard InChI is InChI=1S/C28H26Cl3N3O5/c29-20-7-9-22(10-8-20)38-17-27(36)34-15-21(33-39-16-18-6-11-23(30)24(31)12-18)13-25(34)28(37)32-14-26(35)19-4-2-1-3-5-19/h1-12,25-26,35H,13-17H2,(H,32,37)/t25-,26?/m0/s1. The first-order valence-electron chi connectivity index (χ1n) is 12.1. The molecule has 2 atom stereocenters. The summed E-state index contributed by atoms with van der Waals surface area (Å²) < 4.78 is 5.60. The maximum absolute atomic E-state index is 13.1. The zero-order valence-electron chi connectivity index (χ0n) is 20.7. The number of aliphatic hydroxyl groups is 1. The van der Waals surface area contributed by atoms with Crippen molar-refractivity contribution in [1.29, 1.82) is 0 Å². The van der Waals surface area contributed by atoms with Crippen molar-refractivity contribution < 1.29 is 24.3 Å². The van der Waals surface area contributed by atoms with Crippen molar-refractivity contribution in [3.8, 4) is 5.75 Å². The molecule has 11 heteroatoms. The first-order valence-corrected chi connectivity index (χ1v) is 13.2. The first-order chi connectivity index (χ1) is 18.8. The third-order valence-corrected chi connectivity index (χ3v) is 7.01. The van der Waals surface area contributed by atoms with E-state index in [4.69, 9.17) is 44.4 Å². The van der Waals surface area contributed by atoms with Crippen molar-refractivity contribution in [2.24, 2.45) is 5.16 Å². The van der Waals surface area contributed by atoms with E-state index in [-0.39, 0.29) is 32.7 Å². The molecule has 1 fully saturated rings. The zero-order valence-corrected chi connectivity index (χ0v) is 23.0. The number of likely N-dealkylation sites (tertiary alicyclic amines) is 1. The number of amides is 2. The minimum atomic E-state index is -0.892. The fourth-order valence-electron chi connectivity index (χ4n) is 3.96. The first kappa shape index (κ1) is 28.7. The van der Waals surface area contributed by atoms with Crippen LogP contribution in [0.5, 0.6) is 5.75 Å². The van der Waals surface area contributed by atoms with Crippen molar-refractivity contribution in [2.45, 2.75) is 25.2 Å². The molecule has 2 amide bonds. The van der Waals surface area contributed by atoms with Gasteiger partial charge in [-0.25, -0.2) is 0 Å². The Bertz CT molecular complexity index is 1320. The summed E-state index contributed by atoms with van der Waals surface area (Å²) in [7, 11) is 0. The third kappa shape index (κ3) is 8.10. The maximum Gasteiger partial charge on any atom is 0.261 e. The van der Waals surface area contributed by atoms with Gasteiger partial charge in [-0.1, -0.05) is 76.4 Å². The van der Waals surface area contributed by atoms with Gasteiger partial charge in [0.15, 0.2) is 6.61 Å². The molecule has 3 aromatic rings. The van der Waals surface area contributed by atoms with Crippen LogP contribution in [0.4, 0.5) is 0 Å².